The number of esters is 1. The molecule has 0 saturated heterocycles. The van der Waals surface area contributed by atoms with Crippen LogP contribution in [0.3, 0.4) is 0 Å². The summed E-state index contributed by atoms with van der Waals surface area (Å²) < 4.78 is 17.8. The van der Waals surface area contributed by atoms with Crippen LogP contribution in [0.25, 0.3) is 11.4 Å². The predicted molar refractivity (Wildman–Crippen MR) is 121 cm³/mol. The lowest BCUT2D eigenvalue weighted by Gasteiger charge is -2.13. The van der Waals surface area contributed by atoms with Gasteiger partial charge in [-0.15, -0.1) is 0 Å². The van der Waals surface area contributed by atoms with Gasteiger partial charge in [-0.25, -0.2) is 5.10 Å². The first-order valence-corrected chi connectivity index (χ1v) is 9.68. The van der Waals surface area contributed by atoms with E-state index in [1.807, 2.05) is 43.3 Å². The molecule has 9 nitrogen and oxygen atoms in total. The molecule has 162 valence electrons. The number of nitrogens with one attached hydrogen (secondary N) is 1. The minimum atomic E-state index is -0.479. The van der Waals surface area contributed by atoms with Crippen LogP contribution in [0.1, 0.15) is 12.5 Å². The second-order valence-corrected chi connectivity index (χ2v) is 7.08. The number of hydrogen-bond acceptors (Lipinski definition) is 8. The van der Waals surface area contributed by atoms with E-state index in [-0.39, 0.29) is 5.75 Å². The van der Waals surface area contributed by atoms with E-state index in [4.69, 9.17) is 26.4 Å². The Balaban J connectivity index is 1.98. The Hall–Kier alpha value is -3.66. The zero-order chi connectivity index (χ0) is 22.5. The Morgan fingerprint density at radius 2 is 1.77 bits per heavy atom. The maximum Gasteiger partial charge on any atom is 0.308 e. The molecule has 0 bridgehead atoms. The van der Waals surface area contributed by atoms with Gasteiger partial charge in [0.2, 0.25) is 10.5 Å². The molecule has 0 aliphatic rings. The number of carbonyl (C=O) groups is 1. The summed E-state index contributed by atoms with van der Waals surface area (Å²) in [5.74, 6) is 0.975. The molecule has 0 amide bonds. The van der Waals surface area contributed by atoms with Crippen molar-refractivity contribution < 1.29 is 19.0 Å². The summed E-state index contributed by atoms with van der Waals surface area (Å²) in [6.07, 6.45) is 1.59. The normalized spacial score (nSPS) is 10.9. The van der Waals surface area contributed by atoms with Crippen molar-refractivity contribution in [3.05, 3.63) is 46.7 Å². The van der Waals surface area contributed by atoms with E-state index in [0.29, 0.717) is 27.7 Å². The van der Waals surface area contributed by atoms with E-state index < -0.39 is 5.97 Å². The number of rotatable bonds is 7. The van der Waals surface area contributed by atoms with Crippen molar-refractivity contribution in [2.45, 2.75) is 6.92 Å². The SMILES string of the molecule is COc1cc(C=Nn2c(-c3ccc(N(C)C)cc3)n[nH]c2=S)cc(OC)c1OC(C)=O. The summed E-state index contributed by atoms with van der Waals surface area (Å²) in [5, 5.41) is 11.5. The van der Waals surface area contributed by atoms with Crippen molar-refractivity contribution in [2.75, 3.05) is 33.2 Å². The van der Waals surface area contributed by atoms with Crippen LogP contribution in [0.5, 0.6) is 17.2 Å². The van der Waals surface area contributed by atoms with Crippen LogP contribution in [0, 0.1) is 4.77 Å². The van der Waals surface area contributed by atoms with Crippen LogP contribution in [-0.2, 0) is 4.79 Å². The maximum atomic E-state index is 11.4. The molecule has 0 spiro atoms. The number of carbonyl (C=O) groups excluding carboxylic acids is 1. The molecular formula is C21H23N5O4S. The molecule has 10 heteroatoms. The van der Waals surface area contributed by atoms with Gasteiger partial charge in [0.1, 0.15) is 0 Å². The summed E-state index contributed by atoms with van der Waals surface area (Å²) in [6, 6.07) is 11.2. The molecule has 1 N–H and O–H groups in total. The van der Waals surface area contributed by atoms with Crippen LogP contribution in [0.4, 0.5) is 5.69 Å². The first kappa shape index (κ1) is 22.0. The third kappa shape index (κ3) is 4.92. The number of methoxy groups -OCH3 is 2. The topological polar surface area (TPSA) is 94.0 Å². The van der Waals surface area contributed by atoms with Crippen LogP contribution >= 0.6 is 12.2 Å². The van der Waals surface area contributed by atoms with Crippen LogP contribution < -0.4 is 19.1 Å². The van der Waals surface area contributed by atoms with Gasteiger partial charge in [0.05, 0.1) is 20.4 Å². The van der Waals surface area contributed by atoms with Gasteiger partial charge in [-0.1, -0.05) is 0 Å². The summed E-state index contributed by atoms with van der Waals surface area (Å²) >= 11 is 5.34. The fourth-order valence-corrected chi connectivity index (χ4v) is 3.02. The molecule has 0 unspecified atom stereocenters. The lowest BCUT2D eigenvalue weighted by Crippen LogP contribution is -2.08. The molecule has 1 heterocycles. The van der Waals surface area contributed by atoms with E-state index in [1.165, 1.54) is 25.8 Å². The number of H-pyrrole nitrogens is 1. The lowest BCUT2D eigenvalue weighted by atomic mass is 10.2. The minimum Gasteiger partial charge on any atom is -0.493 e. The van der Waals surface area contributed by atoms with Gasteiger partial charge in [0.15, 0.2) is 17.3 Å². The largest absolute Gasteiger partial charge is 0.493 e. The third-order valence-electron chi connectivity index (χ3n) is 4.34. The molecule has 0 atom stereocenters. The highest BCUT2D eigenvalue weighted by Gasteiger charge is 2.16. The average Bonchev–Trinajstić information content (AvgIpc) is 3.12. The second kappa shape index (κ2) is 9.43. The summed E-state index contributed by atoms with van der Waals surface area (Å²) in [6.45, 7) is 1.31. The van der Waals surface area contributed by atoms with Crippen molar-refractivity contribution in [2.24, 2.45) is 5.10 Å². The predicted octanol–water partition coefficient (Wildman–Crippen LogP) is 3.50. The van der Waals surface area contributed by atoms with Gasteiger partial charge in [-0.05, 0) is 48.6 Å². The molecular weight excluding hydrogens is 418 g/mol. The number of ether oxygens (including phenoxy) is 3. The number of hydrogen-bond donors (Lipinski definition) is 1. The average molecular weight is 442 g/mol. The van der Waals surface area contributed by atoms with Gasteiger partial charge >= 0.3 is 5.97 Å². The Labute approximate surface area is 184 Å². The fraction of sp³-hybridized carbons (Fsp3) is 0.238. The van der Waals surface area contributed by atoms with Crippen LogP contribution in [0.2, 0.25) is 0 Å². The molecule has 2 aromatic carbocycles. The molecule has 0 radical (unpaired) electrons. The minimum absolute atomic E-state index is 0.205. The summed E-state index contributed by atoms with van der Waals surface area (Å²) in [5.41, 5.74) is 2.58. The Morgan fingerprint density at radius 1 is 1.16 bits per heavy atom. The molecule has 0 aliphatic carbocycles. The lowest BCUT2D eigenvalue weighted by molar-refractivity contribution is -0.132. The van der Waals surface area contributed by atoms with Crippen LogP contribution in [-0.4, -0.2) is 55.4 Å². The molecule has 31 heavy (non-hydrogen) atoms. The molecule has 3 rings (SSSR count). The van der Waals surface area contributed by atoms with Gasteiger partial charge < -0.3 is 19.1 Å². The highest BCUT2D eigenvalue weighted by Crippen LogP contribution is 2.38. The molecule has 1 aromatic heterocycles. The Kier molecular flexibility index (Phi) is 6.71. The number of nitrogens with zero attached hydrogens (tertiary/aromatic N) is 4. The van der Waals surface area contributed by atoms with Crippen molar-refractivity contribution in [1.82, 2.24) is 14.9 Å². The summed E-state index contributed by atoms with van der Waals surface area (Å²) in [4.78, 5) is 13.4. The van der Waals surface area contributed by atoms with E-state index in [1.54, 1.807) is 18.3 Å². The number of aromatic amines is 1. The highest BCUT2D eigenvalue weighted by molar-refractivity contribution is 7.71. The fourth-order valence-electron chi connectivity index (χ4n) is 2.84. The molecule has 3 aromatic rings. The van der Waals surface area contributed by atoms with Crippen molar-refractivity contribution in [1.29, 1.82) is 0 Å². The second-order valence-electron chi connectivity index (χ2n) is 6.70. The monoisotopic (exact) mass is 441 g/mol. The number of benzene rings is 2. The summed E-state index contributed by atoms with van der Waals surface area (Å²) in [7, 11) is 6.91. The van der Waals surface area contributed by atoms with Crippen molar-refractivity contribution >= 4 is 30.1 Å². The van der Waals surface area contributed by atoms with E-state index in [9.17, 15) is 4.79 Å². The first-order valence-electron chi connectivity index (χ1n) is 9.28. The van der Waals surface area contributed by atoms with Crippen LogP contribution in [0.15, 0.2) is 41.5 Å². The van der Waals surface area contributed by atoms with Gasteiger partial charge in [-0.3, -0.25) is 4.79 Å². The Bertz CT molecular complexity index is 1140. The molecule has 0 saturated carbocycles. The molecule has 0 fully saturated rings. The smallest absolute Gasteiger partial charge is 0.308 e. The van der Waals surface area contributed by atoms with Crippen molar-refractivity contribution in [3.63, 3.8) is 0 Å². The maximum absolute atomic E-state index is 11.4. The van der Waals surface area contributed by atoms with Gasteiger partial charge in [0, 0.05) is 37.8 Å². The number of anilines is 1. The first-order chi connectivity index (χ1) is 14.8. The van der Waals surface area contributed by atoms with E-state index >= 15 is 0 Å². The van der Waals surface area contributed by atoms with Crippen molar-refractivity contribution in [3.8, 4) is 28.6 Å². The quantitative estimate of drug-likeness (QED) is 0.260. The highest BCUT2D eigenvalue weighted by atomic mass is 32.1. The zero-order valence-electron chi connectivity index (χ0n) is 17.9. The van der Waals surface area contributed by atoms with E-state index in [0.717, 1.165) is 11.3 Å². The molecule has 0 aliphatic heterocycles. The van der Waals surface area contributed by atoms with Gasteiger partial charge in [0.25, 0.3) is 0 Å². The number of aromatic nitrogens is 3. The van der Waals surface area contributed by atoms with E-state index in [2.05, 4.69) is 15.3 Å². The van der Waals surface area contributed by atoms with Gasteiger partial charge in [-0.2, -0.15) is 14.9 Å². The Morgan fingerprint density at radius 3 is 2.29 bits per heavy atom. The zero-order valence-corrected chi connectivity index (χ0v) is 18.7. The standard InChI is InChI=1S/C21H23N5O4S/c1-13(27)30-19-17(28-4)10-14(11-18(19)29-5)12-22-26-20(23-24-21(26)31)15-6-8-16(9-7-15)25(2)3/h6-12H,1-5H3,(H,24,31). The third-order valence-corrected chi connectivity index (χ3v) is 4.61.